The molecule has 3 nitrogen and oxygen atoms in total. The first-order valence-electron chi connectivity index (χ1n) is 3.54. The highest BCUT2D eigenvalue weighted by Gasteiger charge is 2.12. The molecule has 0 fully saturated rings. The lowest BCUT2D eigenvalue weighted by Crippen LogP contribution is -2.13. The monoisotopic (exact) mass is 195 g/mol. The highest BCUT2D eigenvalue weighted by Crippen LogP contribution is 2.15. The van der Waals surface area contributed by atoms with Crippen LogP contribution >= 0.6 is 0 Å². The molecule has 0 saturated heterocycles. The summed E-state index contributed by atoms with van der Waals surface area (Å²) < 4.78 is 22.0. The predicted molar refractivity (Wildman–Crippen MR) is 52.1 cm³/mol. The van der Waals surface area contributed by atoms with Gasteiger partial charge in [0.25, 0.3) is 0 Å². The van der Waals surface area contributed by atoms with Gasteiger partial charge in [-0.2, -0.15) is 0 Å². The number of benzene rings is 1. The molecule has 0 radical (unpaired) electrons. The van der Waals surface area contributed by atoms with E-state index < -0.39 is 10.0 Å². The Morgan fingerprint density at radius 3 is 2.23 bits per heavy atom. The van der Waals surface area contributed by atoms with Crippen molar-refractivity contribution in [3.05, 3.63) is 48.2 Å². The molecular formula is C9H9NO2S. The topological polar surface area (TPSA) is 60.2 Å². The lowest BCUT2D eigenvalue weighted by molar-refractivity contribution is 0.607. The summed E-state index contributed by atoms with van der Waals surface area (Å²) in [6.45, 7) is 3.28. The molecule has 0 aliphatic carbocycles. The smallest absolute Gasteiger partial charge is 0.224 e. The fourth-order valence-corrected chi connectivity index (χ4v) is 1.62. The van der Waals surface area contributed by atoms with Gasteiger partial charge in [-0.25, -0.2) is 13.6 Å². The standard InChI is InChI=1S/C9H9NO2S/c1-2-9(13(10,11)12)8-6-4-3-5-7-8/h3-7H,1H2,(H2,10,11,12). The third-order valence-electron chi connectivity index (χ3n) is 1.48. The van der Waals surface area contributed by atoms with Crippen LogP contribution in [0.3, 0.4) is 0 Å². The van der Waals surface area contributed by atoms with Crippen molar-refractivity contribution in [1.82, 2.24) is 0 Å². The summed E-state index contributed by atoms with van der Waals surface area (Å²) in [5.41, 5.74) is 2.81. The van der Waals surface area contributed by atoms with Gasteiger partial charge in [-0.15, -0.1) is 5.73 Å². The molecule has 4 heteroatoms. The van der Waals surface area contributed by atoms with E-state index in [2.05, 4.69) is 12.3 Å². The van der Waals surface area contributed by atoms with E-state index in [0.717, 1.165) is 0 Å². The fourth-order valence-electron chi connectivity index (χ4n) is 0.956. The van der Waals surface area contributed by atoms with Gasteiger partial charge in [-0.05, 0) is 0 Å². The minimum absolute atomic E-state index is 0.0758. The van der Waals surface area contributed by atoms with Gasteiger partial charge in [-0.1, -0.05) is 36.9 Å². The van der Waals surface area contributed by atoms with Crippen LogP contribution in [0.5, 0.6) is 0 Å². The Morgan fingerprint density at radius 1 is 1.31 bits per heavy atom. The zero-order valence-corrected chi connectivity index (χ0v) is 7.71. The molecular weight excluding hydrogens is 186 g/mol. The van der Waals surface area contributed by atoms with Gasteiger partial charge in [0.2, 0.25) is 10.0 Å². The lowest BCUT2D eigenvalue weighted by atomic mass is 10.2. The van der Waals surface area contributed by atoms with Crippen molar-refractivity contribution in [1.29, 1.82) is 0 Å². The molecule has 1 aromatic carbocycles. The molecule has 1 aromatic rings. The van der Waals surface area contributed by atoms with Gasteiger partial charge in [0.15, 0.2) is 0 Å². The van der Waals surface area contributed by atoms with Crippen LogP contribution in [0.2, 0.25) is 0 Å². The second kappa shape index (κ2) is 3.58. The third-order valence-corrected chi connectivity index (χ3v) is 2.43. The first-order valence-corrected chi connectivity index (χ1v) is 5.08. The van der Waals surface area contributed by atoms with Crippen molar-refractivity contribution < 1.29 is 8.42 Å². The maximum atomic E-state index is 11.0. The van der Waals surface area contributed by atoms with Crippen LogP contribution in [0.25, 0.3) is 4.91 Å². The van der Waals surface area contributed by atoms with E-state index in [4.69, 9.17) is 5.14 Å². The molecule has 0 bridgehead atoms. The molecule has 0 aliphatic heterocycles. The molecule has 0 spiro atoms. The number of sulfonamides is 1. The van der Waals surface area contributed by atoms with Crippen LogP contribution in [-0.4, -0.2) is 8.42 Å². The molecule has 0 heterocycles. The summed E-state index contributed by atoms with van der Waals surface area (Å²) in [6.07, 6.45) is 0. The Balaban J connectivity index is 3.32. The lowest BCUT2D eigenvalue weighted by Gasteiger charge is -2.00. The van der Waals surface area contributed by atoms with Gasteiger partial charge in [-0.3, -0.25) is 0 Å². The Bertz CT molecular complexity index is 442. The summed E-state index contributed by atoms with van der Waals surface area (Å²) in [5.74, 6) is 0. The minimum Gasteiger partial charge on any atom is -0.224 e. The van der Waals surface area contributed by atoms with Crippen LogP contribution in [-0.2, 0) is 10.0 Å². The molecule has 0 amide bonds. The second-order valence-electron chi connectivity index (χ2n) is 2.42. The van der Waals surface area contributed by atoms with Crippen LogP contribution < -0.4 is 5.14 Å². The summed E-state index contributed by atoms with van der Waals surface area (Å²) in [6, 6.07) is 8.50. The van der Waals surface area contributed by atoms with Crippen LogP contribution in [0, 0.1) is 0 Å². The van der Waals surface area contributed by atoms with E-state index in [1.807, 2.05) is 0 Å². The molecule has 0 saturated carbocycles. The van der Waals surface area contributed by atoms with Crippen molar-refractivity contribution in [3.8, 4) is 0 Å². The van der Waals surface area contributed by atoms with Crippen molar-refractivity contribution >= 4 is 14.9 Å². The fraction of sp³-hybridized carbons (Fsp3) is 0. The average Bonchev–Trinajstić information content (AvgIpc) is 2.05. The molecule has 0 aliphatic rings. The van der Waals surface area contributed by atoms with Crippen LogP contribution in [0.4, 0.5) is 0 Å². The number of rotatable bonds is 2. The molecule has 2 N–H and O–H groups in total. The highest BCUT2D eigenvalue weighted by atomic mass is 32.2. The maximum absolute atomic E-state index is 11.0. The van der Waals surface area contributed by atoms with Crippen LogP contribution in [0.1, 0.15) is 5.56 Å². The van der Waals surface area contributed by atoms with E-state index >= 15 is 0 Å². The Hall–Kier alpha value is -1.35. The Labute approximate surface area is 77.2 Å². The predicted octanol–water partition coefficient (Wildman–Crippen LogP) is 1.10. The van der Waals surface area contributed by atoms with E-state index in [1.54, 1.807) is 30.3 Å². The summed E-state index contributed by atoms with van der Waals surface area (Å²) in [4.78, 5) is -0.0758. The number of nitrogens with two attached hydrogens (primary N) is 1. The largest absolute Gasteiger partial charge is 0.246 e. The first-order chi connectivity index (χ1) is 6.05. The van der Waals surface area contributed by atoms with Crippen molar-refractivity contribution in [2.24, 2.45) is 5.14 Å². The zero-order chi connectivity index (χ0) is 9.90. The van der Waals surface area contributed by atoms with Gasteiger partial charge in [0, 0.05) is 5.56 Å². The van der Waals surface area contributed by atoms with Crippen LogP contribution in [0.15, 0.2) is 42.6 Å². The normalized spacial score (nSPS) is 10.5. The number of hydrogen-bond acceptors (Lipinski definition) is 2. The van der Waals surface area contributed by atoms with Gasteiger partial charge < -0.3 is 0 Å². The quantitative estimate of drug-likeness (QED) is 0.718. The van der Waals surface area contributed by atoms with E-state index in [1.165, 1.54) is 0 Å². The number of primary sulfonamides is 1. The van der Waals surface area contributed by atoms with E-state index in [9.17, 15) is 8.42 Å². The molecule has 68 valence electrons. The molecule has 0 unspecified atom stereocenters. The summed E-state index contributed by atoms with van der Waals surface area (Å²) >= 11 is 0. The van der Waals surface area contributed by atoms with Gasteiger partial charge >= 0.3 is 0 Å². The summed E-state index contributed by atoms with van der Waals surface area (Å²) in [7, 11) is -3.72. The third kappa shape index (κ3) is 2.29. The summed E-state index contributed by atoms with van der Waals surface area (Å²) in [5, 5.41) is 4.95. The SMILES string of the molecule is C=C=C(c1ccccc1)S(N)(=O)=O. The molecule has 0 aromatic heterocycles. The zero-order valence-electron chi connectivity index (χ0n) is 6.90. The van der Waals surface area contributed by atoms with E-state index in [0.29, 0.717) is 5.56 Å². The molecule has 1 rings (SSSR count). The Morgan fingerprint density at radius 2 is 1.85 bits per heavy atom. The maximum Gasteiger partial charge on any atom is 0.246 e. The second-order valence-corrected chi connectivity index (χ2v) is 3.92. The average molecular weight is 195 g/mol. The molecule has 13 heavy (non-hydrogen) atoms. The van der Waals surface area contributed by atoms with Gasteiger partial charge in [0.05, 0.1) is 0 Å². The van der Waals surface area contributed by atoms with Crippen molar-refractivity contribution in [2.75, 3.05) is 0 Å². The highest BCUT2D eigenvalue weighted by molar-refractivity contribution is 7.98. The Kier molecular flexibility index (Phi) is 2.68. The van der Waals surface area contributed by atoms with E-state index in [-0.39, 0.29) is 4.91 Å². The van der Waals surface area contributed by atoms with Crippen molar-refractivity contribution in [2.45, 2.75) is 0 Å². The minimum atomic E-state index is -3.72. The molecule has 0 atom stereocenters. The number of hydrogen-bond donors (Lipinski definition) is 1. The van der Waals surface area contributed by atoms with Gasteiger partial charge in [0.1, 0.15) is 4.91 Å². The van der Waals surface area contributed by atoms with Crippen molar-refractivity contribution in [3.63, 3.8) is 0 Å². The first kappa shape index (κ1) is 9.74.